The molecule has 1 aromatic rings. The second kappa shape index (κ2) is 8.32. The van der Waals surface area contributed by atoms with Gasteiger partial charge in [0.05, 0.1) is 25.9 Å². The molecule has 0 aromatic heterocycles. The van der Waals surface area contributed by atoms with Crippen LogP contribution in [-0.2, 0) is 14.3 Å². The summed E-state index contributed by atoms with van der Waals surface area (Å²) in [5.41, 5.74) is 0.844. The van der Waals surface area contributed by atoms with Gasteiger partial charge in [-0.05, 0) is 37.3 Å². The molecule has 0 heterocycles. The highest BCUT2D eigenvalue weighted by Gasteiger charge is 2.09. The fraction of sp³-hybridized carbons (Fsp3) is 0.176. The zero-order chi connectivity index (χ0) is 16.5. The van der Waals surface area contributed by atoms with Crippen molar-refractivity contribution in [2.75, 3.05) is 14.2 Å². The first kappa shape index (κ1) is 17.1. The summed E-state index contributed by atoms with van der Waals surface area (Å²) in [5.74, 6) is 0.666. The van der Waals surface area contributed by atoms with E-state index in [2.05, 4.69) is 6.58 Å². The number of hydrogen-bond donors (Lipinski definition) is 0. The Morgan fingerprint density at radius 1 is 1.18 bits per heavy atom. The highest BCUT2D eigenvalue weighted by Crippen LogP contribution is 2.14. The number of allylic oxidation sites excluding steroid dienone is 2. The number of benzene rings is 1. The van der Waals surface area contributed by atoms with Gasteiger partial charge in [0.15, 0.2) is 0 Å². The largest absolute Gasteiger partial charge is 0.497 e. The molecule has 5 heteroatoms. The van der Waals surface area contributed by atoms with Crippen LogP contribution in [0.1, 0.15) is 12.5 Å². The SMILES string of the molecule is C=C(/C=C(\C=C(/C)C(=O)Oc1ccc(C#N)cc1)OC)OC. The van der Waals surface area contributed by atoms with Crippen molar-refractivity contribution in [3.05, 3.63) is 65.7 Å². The van der Waals surface area contributed by atoms with E-state index in [1.54, 1.807) is 37.3 Å². The van der Waals surface area contributed by atoms with Crippen molar-refractivity contribution in [2.45, 2.75) is 6.92 Å². The molecule has 0 atom stereocenters. The maximum atomic E-state index is 12.0. The van der Waals surface area contributed by atoms with E-state index < -0.39 is 5.97 Å². The number of hydrogen-bond acceptors (Lipinski definition) is 5. The van der Waals surface area contributed by atoms with Crippen LogP contribution in [0.4, 0.5) is 0 Å². The van der Waals surface area contributed by atoms with Crippen LogP contribution in [0.5, 0.6) is 5.75 Å². The van der Waals surface area contributed by atoms with Crippen molar-refractivity contribution in [3.63, 3.8) is 0 Å². The molecule has 5 nitrogen and oxygen atoms in total. The van der Waals surface area contributed by atoms with E-state index >= 15 is 0 Å². The van der Waals surface area contributed by atoms with E-state index in [-0.39, 0.29) is 0 Å². The first-order valence-electron chi connectivity index (χ1n) is 6.39. The summed E-state index contributed by atoms with van der Waals surface area (Å²) in [6.45, 7) is 5.25. The number of carbonyl (C=O) groups is 1. The van der Waals surface area contributed by atoms with E-state index in [0.29, 0.717) is 28.4 Å². The monoisotopic (exact) mass is 299 g/mol. The number of methoxy groups -OCH3 is 2. The van der Waals surface area contributed by atoms with E-state index in [0.717, 1.165) is 0 Å². The molecular weight excluding hydrogens is 282 g/mol. The summed E-state index contributed by atoms with van der Waals surface area (Å²) in [6, 6.07) is 8.26. The summed E-state index contributed by atoms with van der Waals surface area (Å²) in [4.78, 5) is 12.0. The quantitative estimate of drug-likeness (QED) is 0.265. The minimum atomic E-state index is -0.518. The van der Waals surface area contributed by atoms with Crippen molar-refractivity contribution >= 4 is 5.97 Å². The van der Waals surface area contributed by atoms with Gasteiger partial charge < -0.3 is 14.2 Å². The van der Waals surface area contributed by atoms with Crippen LogP contribution in [0.25, 0.3) is 0 Å². The number of carbonyl (C=O) groups excluding carboxylic acids is 1. The number of ether oxygens (including phenoxy) is 3. The third-order valence-corrected chi connectivity index (χ3v) is 2.68. The zero-order valence-corrected chi connectivity index (χ0v) is 12.8. The van der Waals surface area contributed by atoms with Gasteiger partial charge in [0.2, 0.25) is 0 Å². The Bertz CT molecular complexity index is 648. The maximum Gasteiger partial charge on any atom is 0.339 e. The molecule has 0 N–H and O–H groups in total. The van der Waals surface area contributed by atoms with E-state index in [4.69, 9.17) is 19.5 Å². The Hall–Kier alpha value is -3.00. The van der Waals surface area contributed by atoms with Gasteiger partial charge in [0.1, 0.15) is 17.3 Å². The molecule has 1 rings (SSSR count). The highest BCUT2D eigenvalue weighted by molar-refractivity contribution is 5.90. The lowest BCUT2D eigenvalue weighted by Gasteiger charge is -2.06. The predicted octanol–water partition coefficient (Wildman–Crippen LogP) is 3.10. The number of nitrogens with zero attached hydrogens (tertiary/aromatic N) is 1. The molecule has 0 unspecified atom stereocenters. The van der Waals surface area contributed by atoms with Crippen LogP contribution in [0, 0.1) is 11.3 Å². The number of rotatable bonds is 6. The van der Waals surface area contributed by atoms with Crippen LogP contribution >= 0.6 is 0 Å². The highest BCUT2D eigenvalue weighted by atomic mass is 16.5. The minimum Gasteiger partial charge on any atom is -0.497 e. The molecule has 22 heavy (non-hydrogen) atoms. The van der Waals surface area contributed by atoms with E-state index in [1.165, 1.54) is 20.3 Å². The molecule has 0 radical (unpaired) electrons. The number of esters is 1. The summed E-state index contributed by atoms with van der Waals surface area (Å²) in [5, 5.41) is 8.71. The van der Waals surface area contributed by atoms with Gasteiger partial charge in [0, 0.05) is 11.6 Å². The van der Waals surface area contributed by atoms with Gasteiger partial charge in [-0.15, -0.1) is 0 Å². The Kier molecular flexibility index (Phi) is 6.45. The van der Waals surface area contributed by atoms with Gasteiger partial charge in [0.25, 0.3) is 0 Å². The molecule has 0 spiro atoms. The standard InChI is InChI=1S/C17H17NO4/c1-12(9-16(21-4)10-13(2)20-3)17(19)22-15-7-5-14(11-18)6-8-15/h5-10H,2H2,1,3-4H3/b12-9+,16-10+. The van der Waals surface area contributed by atoms with E-state index in [9.17, 15) is 4.79 Å². The van der Waals surface area contributed by atoms with Crippen molar-refractivity contribution in [1.82, 2.24) is 0 Å². The predicted molar refractivity (Wildman–Crippen MR) is 81.8 cm³/mol. The lowest BCUT2D eigenvalue weighted by Crippen LogP contribution is -2.09. The Morgan fingerprint density at radius 3 is 2.32 bits per heavy atom. The third-order valence-electron chi connectivity index (χ3n) is 2.68. The molecule has 0 bridgehead atoms. The summed E-state index contributed by atoms with van der Waals surface area (Å²) in [6.07, 6.45) is 3.08. The third kappa shape index (κ3) is 5.17. The van der Waals surface area contributed by atoms with Gasteiger partial charge in [-0.25, -0.2) is 4.79 Å². The summed E-state index contributed by atoms with van der Waals surface area (Å²) < 4.78 is 15.2. The van der Waals surface area contributed by atoms with Crippen LogP contribution in [-0.4, -0.2) is 20.2 Å². The first-order valence-corrected chi connectivity index (χ1v) is 6.39. The molecule has 1 aromatic carbocycles. The molecule has 0 aliphatic carbocycles. The Labute approximate surface area is 129 Å². The fourth-order valence-electron chi connectivity index (χ4n) is 1.43. The topological polar surface area (TPSA) is 68.6 Å². The van der Waals surface area contributed by atoms with Crippen LogP contribution in [0.3, 0.4) is 0 Å². The van der Waals surface area contributed by atoms with Crippen LogP contribution in [0.2, 0.25) is 0 Å². The van der Waals surface area contributed by atoms with Crippen molar-refractivity contribution in [3.8, 4) is 11.8 Å². The van der Waals surface area contributed by atoms with Crippen molar-refractivity contribution in [2.24, 2.45) is 0 Å². The average molecular weight is 299 g/mol. The molecule has 114 valence electrons. The zero-order valence-electron chi connectivity index (χ0n) is 12.8. The second-order valence-corrected chi connectivity index (χ2v) is 4.27. The Balaban J connectivity index is 2.82. The first-order chi connectivity index (χ1) is 10.5. The minimum absolute atomic E-state index is 0.348. The molecule has 0 saturated heterocycles. The summed E-state index contributed by atoms with van der Waals surface area (Å²) in [7, 11) is 2.96. The molecule has 0 saturated carbocycles. The lowest BCUT2D eigenvalue weighted by atomic mass is 10.2. The normalized spacial score (nSPS) is 11.4. The summed E-state index contributed by atoms with van der Waals surface area (Å²) >= 11 is 0. The van der Waals surface area contributed by atoms with Gasteiger partial charge >= 0.3 is 5.97 Å². The molecule has 0 aliphatic heterocycles. The maximum absolute atomic E-state index is 12.0. The van der Waals surface area contributed by atoms with Crippen LogP contribution < -0.4 is 4.74 Å². The van der Waals surface area contributed by atoms with Crippen molar-refractivity contribution in [1.29, 1.82) is 5.26 Å². The molecular formula is C17H17NO4. The molecule has 0 aliphatic rings. The van der Waals surface area contributed by atoms with Crippen LogP contribution in [0.15, 0.2) is 60.1 Å². The molecule has 0 fully saturated rings. The number of nitriles is 1. The smallest absolute Gasteiger partial charge is 0.339 e. The van der Waals surface area contributed by atoms with Crippen molar-refractivity contribution < 1.29 is 19.0 Å². The van der Waals surface area contributed by atoms with Gasteiger partial charge in [-0.3, -0.25) is 0 Å². The van der Waals surface area contributed by atoms with Gasteiger partial charge in [-0.2, -0.15) is 5.26 Å². The lowest BCUT2D eigenvalue weighted by molar-refractivity contribution is -0.130. The second-order valence-electron chi connectivity index (χ2n) is 4.27. The molecule has 0 amide bonds. The van der Waals surface area contributed by atoms with E-state index in [1.807, 2.05) is 6.07 Å². The average Bonchev–Trinajstić information content (AvgIpc) is 2.54. The fourth-order valence-corrected chi connectivity index (χ4v) is 1.43. The Morgan fingerprint density at radius 2 is 1.82 bits per heavy atom. The van der Waals surface area contributed by atoms with Gasteiger partial charge in [-0.1, -0.05) is 6.58 Å².